The standard InChI is InChI=1S/C14H28N2O/c1-4-13-9-16(8-12-5-6-17-10-12)14(7-15-13)11(2)3/h11-15H,4-10H2,1-3H3. The van der Waals surface area contributed by atoms with Gasteiger partial charge in [0.15, 0.2) is 0 Å². The Morgan fingerprint density at radius 2 is 2.24 bits per heavy atom. The molecule has 3 atom stereocenters. The maximum Gasteiger partial charge on any atom is 0.0507 e. The Balaban J connectivity index is 1.92. The van der Waals surface area contributed by atoms with E-state index >= 15 is 0 Å². The first kappa shape index (κ1) is 13.3. The Morgan fingerprint density at radius 3 is 2.82 bits per heavy atom. The SMILES string of the molecule is CCC1CN(CC2CCOC2)C(C(C)C)CN1. The van der Waals surface area contributed by atoms with Crippen LogP contribution in [0.3, 0.4) is 0 Å². The lowest BCUT2D eigenvalue weighted by atomic mass is 9.96. The number of nitrogens with zero attached hydrogens (tertiary/aromatic N) is 1. The molecule has 2 fully saturated rings. The normalized spacial score (nSPS) is 35.6. The van der Waals surface area contributed by atoms with Crippen molar-refractivity contribution in [3.63, 3.8) is 0 Å². The predicted octanol–water partition coefficient (Wildman–Crippen LogP) is 1.73. The van der Waals surface area contributed by atoms with Gasteiger partial charge in [-0.2, -0.15) is 0 Å². The summed E-state index contributed by atoms with van der Waals surface area (Å²) >= 11 is 0. The first-order chi connectivity index (χ1) is 8.20. The first-order valence-electron chi connectivity index (χ1n) is 7.25. The van der Waals surface area contributed by atoms with Crippen LogP contribution in [0.2, 0.25) is 0 Å². The van der Waals surface area contributed by atoms with Crippen molar-refractivity contribution in [2.24, 2.45) is 11.8 Å². The maximum absolute atomic E-state index is 5.51. The van der Waals surface area contributed by atoms with E-state index in [0.29, 0.717) is 12.1 Å². The summed E-state index contributed by atoms with van der Waals surface area (Å²) in [5, 5.41) is 3.68. The van der Waals surface area contributed by atoms with Crippen LogP contribution in [-0.4, -0.2) is 49.8 Å². The fourth-order valence-corrected chi connectivity index (χ4v) is 3.10. The molecule has 3 unspecified atom stereocenters. The molecule has 1 N–H and O–H groups in total. The van der Waals surface area contributed by atoms with Gasteiger partial charge in [-0.15, -0.1) is 0 Å². The largest absolute Gasteiger partial charge is 0.381 e. The lowest BCUT2D eigenvalue weighted by Crippen LogP contribution is -2.58. The van der Waals surface area contributed by atoms with E-state index in [1.54, 1.807) is 0 Å². The number of piperazine rings is 1. The third-order valence-corrected chi connectivity index (χ3v) is 4.32. The summed E-state index contributed by atoms with van der Waals surface area (Å²) < 4.78 is 5.51. The second-order valence-corrected chi connectivity index (χ2v) is 6.01. The number of hydrogen-bond donors (Lipinski definition) is 1. The monoisotopic (exact) mass is 240 g/mol. The molecule has 0 radical (unpaired) electrons. The topological polar surface area (TPSA) is 24.5 Å². The molecule has 2 heterocycles. The Bertz CT molecular complexity index is 226. The van der Waals surface area contributed by atoms with E-state index in [2.05, 4.69) is 31.0 Å². The lowest BCUT2D eigenvalue weighted by molar-refractivity contribution is 0.0760. The Kier molecular flexibility index (Phi) is 4.83. The molecule has 3 nitrogen and oxygen atoms in total. The van der Waals surface area contributed by atoms with Gasteiger partial charge in [0.2, 0.25) is 0 Å². The highest BCUT2D eigenvalue weighted by molar-refractivity contribution is 4.88. The Hall–Kier alpha value is -0.120. The van der Waals surface area contributed by atoms with Crippen LogP contribution >= 0.6 is 0 Å². The zero-order chi connectivity index (χ0) is 12.3. The number of nitrogens with one attached hydrogen (secondary N) is 1. The quantitative estimate of drug-likeness (QED) is 0.810. The van der Waals surface area contributed by atoms with Gasteiger partial charge in [-0.1, -0.05) is 20.8 Å². The molecule has 0 saturated carbocycles. The molecule has 0 spiro atoms. The van der Waals surface area contributed by atoms with Gasteiger partial charge in [-0.25, -0.2) is 0 Å². The molecule has 17 heavy (non-hydrogen) atoms. The molecule has 0 bridgehead atoms. The number of hydrogen-bond acceptors (Lipinski definition) is 3. The van der Waals surface area contributed by atoms with Crippen molar-refractivity contribution in [2.75, 3.05) is 32.8 Å². The summed E-state index contributed by atoms with van der Waals surface area (Å²) in [6.07, 6.45) is 2.49. The molecular formula is C14H28N2O. The van der Waals surface area contributed by atoms with Crippen molar-refractivity contribution in [1.29, 1.82) is 0 Å². The second-order valence-electron chi connectivity index (χ2n) is 6.01. The van der Waals surface area contributed by atoms with Crippen molar-refractivity contribution >= 4 is 0 Å². The third-order valence-electron chi connectivity index (χ3n) is 4.32. The van der Waals surface area contributed by atoms with Gasteiger partial charge in [0.1, 0.15) is 0 Å². The fraction of sp³-hybridized carbons (Fsp3) is 1.00. The van der Waals surface area contributed by atoms with E-state index in [9.17, 15) is 0 Å². The summed E-state index contributed by atoms with van der Waals surface area (Å²) in [7, 11) is 0. The van der Waals surface area contributed by atoms with Gasteiger partial charge in [-0.3, -0.25) is 4.90 Å². The summed E-state index contributed by atoms with van der Waals surface area (Å²) in [5.41, 5.74) is 0. The van der Waals surface area contributed by atoms with Crippen molar-refractivity contribution in [1.82, 2.24) is 10.2 Å². The second kappa shape index (κ2) is 6.17. The summed E-state index contributed by atoms with van der Waals surface area (Å²) in [4.78, 5) is 2.72. The van der Waals surface area contributed by atoms with Crippen LogP contribution in [0.4, 0.5) is 0 Å². The van der Waals surface area contributed by atoms with Crippen molar-refractivity contribution in [2.45, 2.75) is 45.7 Å². The van der Waals surface area contributed by atoms with E-state index in [4.69, 9.17) is 4.74 Å². The molecule has 2 saturated heterocycles. The van der Waals surface area contributed by atoms with Crippen LogP contribution in [0.1, 0.15) is 33.6 Å². The van der Waals surface area contributed by atoms with Gasteiger partial charge >= 0.3 is 0 Å². The van der Waals surface area contributed by atoms with E-state index in [-0.39, 0.29) is 0 Å². The first-order valence-corrected chi connectivity index (χ1v) is 7.25. The van der Waals surface area contributed by atoms with Crippen LogP contribution in [0.25, 0.3) is 0 Å². The molecule has 0 aliphatic carbocycles. The Labute approximate surface area is 106 Å². The average molecular weight is 240 g/mol. The van der Waals surface area contributed by atoms with E-state index < -0.39 is 0 Å². The van der Waals surface area contributed by atoms with Crippen molar-refractivity contribution in [3.05, 3.63) is 0 Å². The maximum atomic E-state index is 5.51. The van der Waals surface area contributed by atoms with Gasteiger partial charge in [0.05, 0.1) is 6.61 Å². The van der Waals surface area contributed by atoms with E-state index in [0.717, 1.165) is 31.6 Å². The van der Waals surface area contributed by atoms with Crippen LogP contribution < -0.4 is 5.32 Å². The molecule has 3 heteroatoms. The highest BCUT2D eigenvalue weighted by atomic mass is 16.5. The van der Waals surface area contributed by atoms with E-state index in [1.807, 2.05) is 0 Å². The zero-order valence-electron chi connectivity index (χ0n) is 11.6. The minimum atomic E-state index is 0.687. The van der Waals surface area contributed by atoms with E-state index in [1.165, 1.54) is 25.9 Å². The van der Waals surface area contributed by atoms with Gasteiger partial charge in [0.25, 0.3) is 0 Å². The average Bonchev–Trinajstić information content (AvgIpc) is 2.81. The zero-order valence-corrected chi connectivity index (χ0v) is 11.6. The molecule has 2 aliphatic rings. The molecule has 0 amide bonds. The molecule has 100 valence electrons. The van der Waals surface area contributed by atoms with Crippen molar-refractivity contribution in [3.8, 4) is 0 Å². The lowest BCUT2D eigenvalue weighted by Gasteiger charge is -2.43. The number of rotatable bonds is 4. The minimum absolute atomic E-state index is 0.687. The van der Waals surface area contributed by atoms with Crippen LogP contribution in [-0.2, 0) is 4.74 Å². The fourth-order valence-electron chi connectivity index (χ4n) is 3.10. The molecule has 0 aromatic rings. The molecule has 0 aromatic carbocycles. The van der Waals surface area contributed by atoms with Gasteiger partial charge < -0.3 is 10.1 Å². The third kappa shape index (κ3) is 3.43. The molecular weight excluding hydrogens is 212 g/mol. The van der Waals surface area contributed by atoms with Gasteiger partial charge in [0, 0.05) is 38.3 Å². The number of ether oxygens (including phenoxy) is 1. The van der Waals surface area contributed by atoms with Crippen LogP contribution in [0, 0.1) is 11.8 Å². The highest BCUT2D eigenvalue weighted by Gasteiger charge is 2.31. The summed E-state index contributed by atoms with van der Waals surface area (Å²) in [5.74, 6) is 1.51. The summed E-state index contributed by atoms with van der Waals surface area (Å²) in [6, 6.07) is 1.39. The predicted molar refractivity (Wildman–Crippen MR) is 71.2 cm³/mol. The molecule has 2 aliphatic heterocycles. The minimum Gasteiger partial charge on any atom is -0.381 e. The van der Waals surface area contributed by atoms with Crippen LogP contribution in [0.15, 0.2) is 0 Å². The van der Waals surface area contributed by atoms with Gasteiger partial charge in [-0.05, 0) is 24.7 Å². The van der Waals surface area contributed by atoms with Crippen LogP contribution in [0.5, 0.6) is 0 Å². The highest BCUT2D eigenvalue weighted by Crippen LogP contribution is 2.21. The molecule has 2 rings (SSSR count). The molecule has 0 aromatic heterocycles. The Morgan fingerprint density at radius 1 is 1.41 bits per heavy atom. The smallest absolute Gasteiger partial charge is 0.0507 e. The van der Waals surface area contributed by atoms with Crippen molar-refractivity contribution < 1.29 is 4.74 Å². The summed E-state index contributed by atoms with van der Waals surface area (Å²) in [6.45, 7) is 12.5.